The number of hydrogen-bond acceptors (Lipinski definition) is 4. The van der Waals surface area contributed by atoms with Crippen molar-refractivity contribution in [2.75, 3.05) is 32.8 Å². The summed E-state index contributed by atoms with van der Waals surface area (Å²) in [5.74, 6) is -0.404. The van der Waals surface area contributed by atoms with Gasteiger partial charge < -0.3 is 19.3 Å². The fourth-order valence-electron chi connectivity index (χ4n) is 4.38. The maximum atomic E-state index is 13.3. The number of hydrogen-bond donors (Lipinski definition) is 0. The minimum Gasteiger partial charge on any atom is -0.468 e. The standard InChI is InChI=1S/C20H24N2O4/c1-3-8-22-19(24)17(18(23)21-9-11-25-12-10-21)15-13-20(22,2)26-16-7-5-4-6-14(15)16/h3-7,15,17H,1,8-13H2,2H3/t15-,17?,20+/m0/s1. The molecule has 6 nitrogen and oxygen atoms in total. The van der Waals surface area contributed by atoms with Gasteiger partial charge in [0.05, 0.1) is 13.2 Å². The molecule has 0 spiro atoms. The Kier molecular flexibility index (Phi) is 4.23. The topological polar surface area (TPSA) is 59.1 Å². The highest BCUT2D eigenvalue weighted by molar-refractivity contribution is 6.02. The Morgan fingerprint density at radius 2 is 2.08 bits per heavy atom. The van der Waals surface area contributed by atoms with Crippen LogP contribution in [0, 0.1) is 5.92 Å². The molecular weight excluding hydrogens is 332 g/mol. The maximum absolute atomic E-state index is 13.3. The lowest BCUT2D eigenvalue weighted by molar-refractivity contribution is -0.177. The summed E-state index contributed by atoms with van der Waals surface area (Å²) in [5.41, 5.74) is 0.190. The van der Waals surface area contributed by atoms with Gasteiger partial charge in [-0.25, -0.2) is 0 Å². The Morgan fingerprint density at radius 3 is 2.81 bits per heavy atom. The van der Waals surface area contributed by atoms with E-state index in [2.05, 4.69) is 6.58 Å². The van der Waals surface area contributed by atoms with Gasteiger partial charge in [-0.15, -0.1) is 6.58 Å². The molecule has 1 unspecified atom stereocenters. The molecule has 6 heteroatoms. The van der Waals surface area contributed by atoms with Crippen LogP contribution in [0.2, 0.25) is 0 Å². The minimum atomic E-state index is -0.758. The van der Waals surface area contributed by atoms with Crippen LogP contribution in [0.15, 0.2) is 36.9 Å². The second-order valence-electron chi connectivity index (χ2n) is 7.28. The third kappa shape index (κ3) is 2.60. The second kappa shape index (κ2) is 6.43. The molecule has 2 amide bonds. The summed E-state index contributed by atoms with van der Waals surface area (Å²) in [5, 5.41) is 0. The Hall–Kier alpha value is -2.34. The summed E-state index contributed by atoms with van der Waals surface area (Å²) in [6.07, 6.45) is 2.29. The van der Waals surface area contributed by atoms with Crippen molar-refractivity contribution in [3.05, 3.63) is 42.5 Å². The predicted molar refractivity (Wildman–Crippen MR) is 95.6 cm³/mol. The summed E-state index contributed by atoms with van der Waals surface area (Å²) >= 11 is 0. The number of carbonyl (C=O) groups excluding carboxylic acids is 2. The molecule has 2 bridgehead atoms. The number of amides is 2. The van der Waals surface area contributed by atoms with Crippen LogP contribution in [0.5, 0.6) is 5.75 Å². The first-order valence-electron chi connectivity index (χ1n) is 9.12. The van der Waals surface area contributed by atoms with Crippen LogP contribution in [-0.4, -0.2) is 60.2 Å². The first-order chi connectivity index (χ1) is 12.5. The van der Waals surface area contributed by atoms with Crippen molar-refractivity contribution in [3.63, 3.8) is 0 Å². The van der Waals surface area contributed by atoms with E-state index in [-0.39, 0.29) is 17.7 Å². The van der Waals surface area contributed by atoms with E-state index in [0.717, 1.165) is 11.3 Å². The molecular formula is C20H24N2O4. The van der Waals surface area contributed by atoms with E-state index >= 15 is 0 Å². The van der Waals surface area contributed by atoms with Crippen LogP contribution >= 0.6 is 0 Å². The SMILES string of the molecule is C=CCN1C(=O)C(C(=O)N2CCOCC2)[C@H]2C[C@@]1(C)Oc1ccccc12. The minimum absolute atomic E-state index is 0.101. The van der Waals surface area contributed by atoms with Gasteiger partial charge in [-0.05, 0) is 18.6 Å². The summed E-state index contributed by atoms with van der Waals surface area (Å²) in [6, 6.07) is 7.73. The van der Waals surface area contributed by atoms with E-state index in [1.54, 1.807) is 15.9 Å². The van der Waals surface area contributed by atoms with E-state index in [1.165, 1.54) is 0 Å². The number of morpholine rings is 1. The highest BCUT2D eigenvalue weighted by atomic mass is 16.5. The number of fused-ring (bicyclic) bond motifs is 4. The molecule has 3 atom stereocenters. The van der Waals surface area contributed by atoms with E-state index in [9.17, 15) is 9.59 Å². The fraction of sp³-hybridized carbons (Fsp3) is 0.500. The van der Waals surface area contributed by atoms with Gasteiger partial charge in [-0.1, -0.05) is 24.3 Å². The van der Waals surface area contributed by atoms with Crippen LogP contribution in [0.3, 0.4) is 0 Å². The summed E-state index contributed by atoms with van der Waals surface area (Å²) in [4.78, 5) is 30.1. The van der Waals surface area contributed by atoms with Gasteiger partial charge in [0.25, 0.3) is 0 Å². The number of ether oxygens (including phenoxy) is 2. The van der Waals surface area contributed by atoms with Crippen molar-refractivity contribution in [3.8, 4) is 5.75 Å². The molecule has 0 aliphatic carbocycles. The summed E-state index contributed by atoms with van der Waals surface area (Å²) in [7, 11) is 0. The number of carbonyl (C=O) groups is 2. The van der Waals surface area contributed by atoms with E-state index in [1.807, 2.05) is 31.2 Å². The lowest BCUT2D eigenvalue weighted by Crippen LogP contribution is -2.65. The summed E-state index contributed by atoms with van der Waals surface area (Å²) in [6.45, 7) is 8.16. The average molecular weight is 356 g/mol. The monoisotopic (exact) mass is 356 g/mol. The van der Waals surface area contributed by atoms with Gasteiger partial charge in [0, 0.05) is 32.0 Å². The molecule has 0 N–H and O–H groups in total. The van der Waals surface area contributed by atoms with Crippen LogP contribution in [0.25, 0.3) is 0 Å². The molecule has 1 aromatic rings. The molecule has 2 saturated heterocycles. The third-order valence-corrected chi connectivity index (χ3v) is 5.65. The lowest BCUT2D eigenvalue weighted by atomic mass is 9.73. The van der Waals surface area contributed by atoms with Crippen LogP contribution in [0.4, 0.5) is 0 Å². The molecule has 26 heavy (non-hydrogen) atoms. The third-order valence-electron chi connectivity index (χ3n) is 5.65. The Labute approximate surface area is 153 Å². The smallest absolute Gasteiger partial charge is 0.239 e. The Balaban J connectivity index is 1.76. The molecule has 3 aliphatic heterocycles. The van der Waals surface area contributed by atoms with E-state index < -0.39 is 11.6 Å². The van der Waals surface area contributed by atoms with Crippen LogP contribution in [0.1, 0.15) is 24.8 Å². The van der Waals surface area contributed by atoms with Crippen molar-refractivity contribution in [1.82, 2.24) is 9.80 Å². The van der Waals surface area contributed by atoms with Gasteiger partial charge in [-0.2, -0.15) is 0 Å². The molecule has 0 aromatic heterocycles. The summed E-state index contributed by atoms with van der Waals surface area (Å²) < 4.78 is 11.6. The number of likely N-dealkylation sites (tertiary alicyclic amines) is 1. The Bertz CT molecular complexity index is 743. The van der Waals surface area contributed by atoms with Gasteiger partial charge in [0.15, 0.2) is 5.72 Å². The maximum Gasteiger partial charge on any atom is 0.239 e. The quantitative estimate of drug-likeness (QED) is 0.612. The van der Waals surface area contributed by atoms with Crippen LogP contribution < -0.4 is 4.74 Å². The predicted octanol–water partition coefficient (Wildman–Crippen LogP) is 1.77. The van der Waals surface area contributed by atoms with Crippen molar-refractivity contribution >= 4 is 11.8 Å². The Morgan fingerprint density at radius 1 is 1.35 bits per heavy atom. The highest BCUT2D eigenvalue weighted by Crippen LogP contribution is 2.50. The average Bonchev–Trinajstić information content (AvgIpc) is 2.65. The molecule has 0 radical (unpaired) electrons. The van der Waals surface area contributed by atoms with E-state index in [0.29, 0.717) is 39.3 Å². The first kappa shape index (κ1) is 17.1. The number of rotatable bonds is 3. The fourth-order valence-corrected chi connectivity index (χ4v) is 4.38. The second-order valence-corrected chi connectivity index (χ2v) is 7.28. The highest BCUT2D eigenvalue weighted by Gasteiger charge is 2.56. The van der Waals surface area contributed by atoms with Crippen molar-refractivity contribution in [1.29, 1.82) is 0 Å². The molecule has 3 heterocycles. The van der Waals surface area contributed by atoms with Gasteiger partial charge in [0.2, 0.25) is 11.8 Å². The largest absolute Gasteiger partial charge is 0.468 e. The van der Waals surface area contributed by atoms with Gasteiger partial charge in [0.1, 0.15) is 11.7 Å². The first-order valence-corrected chi connectivity index (χ1v) is 9.12. The molecule has 138 valence electrons. The molecule has 2 fully saturated rings. The van der Waals surface area contributed by atoms with Crippen molar-refractivity contribution in [2.45, 2.75) is 25.0 Å². The normalized spacial score (nSPS) is 30.4. The molecule has 1 aromatic carbocycles. The van der Waals surface area contributed by atoms with Gasteiger partial charge >= 0.3 is 0 Å². The zero-order valence-electron chi connectivity index (χ0n) is 15.0. The van der Waals surface area contributed by atoms with E-state index in [4.69, 9.17) is 9.47 Å². The zero-order valence-corrected chi connectivity index (χ0v) is 15.0. The van der Waals surface area contributed by atoms with Crippen molar-refractivity contribution < 1.29 is 19.1 Å². The zero-order chi connectivity index (χ0) is 18.3. The molecule has 4 rings (SSSR count). The number of benzene rings is 1. The van der Waals surface area contributed by atoms with Crippen molar-refractivity contribution in [2.24, 2.45) is 5.92 Å². The number of nitrogens with zero attached hydrogens (tertiary/aromatic N) is 2. The number of piperidine rings is 1. The van der Waals surface area contributed by atoms with Crippen LogP contribution in [-0.2, 0) is 14.3 Å². The molecule has 0 saturated carbocycles. The lowest BCUT2D eigenvalue weighted by Gasteiger charge is -2.53. The molecule has 3 aliphatic rings. The van der Waals surface area contributed by atoms with Gasteiger partial charge in [-0.3, -0.25) is 9.59 Å². The number of para-hydroxylation sites is 1.